The average Bonchev–Trinajstić information content (AvgIpc) is 2.30. The Morgan fingerprint density at radius 2 is 2.26 bits per heavy atom. The van der Waals surface area contributed by atoms with Gasteiger partial charge in [-0.25, -0.2) is 4.98 Å². The van der Waals surface area contributed by atoms with Crippen LogP contribution in [0.5, 0.6) is 0 Å². The molecule has 104 valence electrons. The van der Waals surface area contributed by atoms with E-state index in [1.807, 2.05) is 0 Å². The highest BCUT2D eigenvalue weighted by Crippen LogP contribution is 2.36. The lowest BCUT2D eigenvalue weighted by molar-refractivity contribution is -0.385. The molecule has 5 nitrogen and oxygen atoms in total. The van der Waals surface area contributed by atoms with Crippen LogP contribution in [0.1, 0.15) is 45.1 Å². The largest absolute Gasteiger partial charge is 0.367 e. The molecule has 1 aliphatic rings. The minimum atomic E-state index is -0.354. The SMILES string of the molecule is Cc1cnc(NC2CCCC(C)(C)C2)cc1[N+](=O)[O-]. The van der Waals surface area contributed by atoms with Crippen molar-refractivity contribution in [1.82, 2.24) is 4.98 Å². The second kappa shape index (κ2) is 5.15. The smallest absolute Gasteiger partial charge is 0.277 e. The number of anilines is 1. The Kier molecular flexibility index (Phi) is 3.73. The van der Waals surface area contributed by atoms with Gasteiger partial charge in [0.1, 0.15) is 5.82 Å². The molecule has 0 aromatic carbocycles. The molecule has 0 aliphatic heterocycles. The van der Waals surface area contributed by atoms with Crippen LogP contribution in [0, 0.1) is 22.5 Å². The molecular weight excluding hydrogens is 242 g/mol. The average molecular weight is 263 g/mol. The number of nitrogens with zero attached hydrogens (tertiary/aromatic N) is 2. The van der Waals surface area contributed by atoms with Crippen LogP contribution in [-0.2, 0) is 0 Å². The third-order valence-electron chi connectivity index (χ3n) is 3.83. The van der Waals surface area contributed by atoms with E-state index < -0.39 is 0 Å². The van der Waals surface area contributed by atoms with E-state index in [0.29, 0.717) is 22.8 Å². The molecule has 1 saturated carbocycles. The summed E-state index contributed by atoms with van der Waals surface area (Å²) >= 11 is 0. The van der Waals surface area contributed by atoms with Gasteiger partial charge in [0.05, 0.1) is 11.0 Å². The van der Waals surface area contributed by atoms with Crippen molar-refractivity contribution in [2.24, 2.45) is 5.41 Å². The molecule has 0 radical (unpaired) electrons. The van der Waals surface area contributed by atoms with Gasteiger partial charge >= 0.3 is 0 Å². The Labute approximate surface area is 113 Å². The molecule has 5 heteroatoms. The molecule has 1 unspecified atom stereocenters. The summed E-state index contributed by atoms with van der Waals surface area (Å²) in [5.74, 6) is 0.611. The van der Waals surface area contributed by atoms with Crippen LogP contribution in [0.25, 0.3) is 0 Å². The second-order valence-corrected chi connectivity index (χ2v) is 6.21. The van der Waals surface area contributed by atoms with Gasteiger partial charge in [0, 0.05) is 17.8 Å². The monoisotopic (exact) mass is 263 g/mol. The minimum Gasteiger partial charge on any atom is -0.367 e. The van der Waals surface area contributed by atoms with Gasteiger partial charge < -0.3 is 5.32 Å². The van der Waals surface area contributed by atoms with Crippen molar-refractivity contribution in [1.29, 1.82) is 0 Å². The van der Waals surface area contributed by atoms with Crippen molar-refractivity contribution in [3.05, 3.63) is 27.9 Å². The lowest BCUT2D eigenvalue weighted by atomic mass is 9.75. The van der Waals surface area contributed by atoms with Gasteiger partial charge in [-0.1, -0.05) is 20.3 Å². The molecule has 1 aliphatic carbocycles. The van der Waals surface area contributed by atoms with Crippen LogP contribution in [0.15, 0.2) is 12.3 Å². The van der Waals surface area contributed by atoms with Crippen molar-refractivity contribution in [2.75, 3.05) is 5.32 Å². The van der Waals surface area contributed by atoms with Gasteiger partial charge in [-0.15, -0.1) is 0 Å². The summed E-state index contributed by atoms with van der Waals surface area (Å²) in [6.45, 7) is 6.25. The Bertz CT molecular complexity index is 486. The van der Waals surface area contributed by atoms with E-state index >= 15 is 0 Å². The van der Waals surface area contributed by atoms with Crippen molar-refractivity contribution in [3.63, 3.8) is 0 Å². The fraction of sp³-hybridized carbons (Fsp3) is 0.643. The summed E-state index contributed by atoms with van der Waals surface area (Å²) in [6.07, 6.45) is 6.18. The standard InChI is InChI=1S/C14H21N3O2/c1-10-9-15-13(7-12(10)17(18)19)16-11-5-4-6-14(2,3)8-11/h7,9,11H,4-6,8H2,1-3H3,(H,15,16). The van der Waals surface area contributed by atoms with Crippen LogP contribution >= 0.6 is 0 Å². The number of aryl methyl sites for hydroxylation is 1. The number of pyridine rings is 1. The fourth-order valence-electron chi connectivity index (χ4n) is 2.82. The predicted octanol–water partition coefficient (Wildman–Crippen LogP) is 3.68. The zero-order valence-electron chi connectivity index (χ0n) is 11.8. The molecule has 0 bridgehead atoms. The van der Waals surface area contributed by atoms with Crippen LogP contribution in [0.4, 0.5) is 11.5 Å². The molecule has 1 aromatic heterocycles. The van der Waals surface area contributed by atoms with E-state index in [2.05, 4.69) is 24.1 Å². The van der Waals surface area contributed by atoms with Crippen molar-refractivity contribution >= 4 is 11.5 Å². The lowest BCUT2D eigenvalue weighted by Crippen LogP contribution is -2.32. The van der Waals surface area contributed by atoms with Gasteiger partial charge in [0.25, 0.3) is 5.69 Å². The summed E-state index contributed by atoms with van der Waals surface area (Å²) in [7, 11) is 0. The van der Waals surface area contributed by atoms with E-state index in [9.17, 15) is 10.1 Å². The van der Waals surface area contributed by atoms with Crippen LogP contribution in [-0.4, -0.2) is 15.9 Å². The number of aromatic nitrogens is 1. The van der Waals surface area contributed by atoms with Gasteiger partial charge in [0.15, 0.2) is 0 Å². The Balaban J connectivity index is 2.11. The Morgan fingerprint density at radius 3 is 2.89 bits per heavy atom. The van der Waals surface area contributed by atoms with Crippen molar-refractivity contribution < 1.29 is 4.92 Å². The van der Waals surface area contributed by atoms with Crippen LogP contribution in [0.2, 0.25) is 0 Å². The summed E-state index contributed by atoms with van der Waals surface area (Å²) in [4.78, 5) is 14.8. The Morgan fingerprint density at radius 1 is 1.53 bits per heavy atom. The van der Waals surface area contributed by atoms with Crippen molar-refractivity contribution in [2.45, 2.75) is 52.5 Å². The molecule has 0 spiro atoms. The zero-order chi connectivity index (χ0) is 14.0. The Hall–Kier alpha value is -1.65. The zero-order valence-corrected chi connectivity index (χ0v) is 11.8. The molecule has 19 heavy (non-hydrogen) atoms. The second-order valence-electron chi connectivity index (χ2n) is 6.21. The maximum absolute atomic E-state index is 10.9. The molecule has 0 amide bonds. The lowest BCUT2D eigenvalue weighted by Gasteiger charge is -2.35. The fourth-order valence-corrected chi connectivity index (χ4v) is 2.82. The summed E-state index contributed by atoms with van der Waals surface area (Å²) in [6, 6.07) is 1.90. The number of rotatable bonds is 3. The molecule has 1 fully saturated rings. The molecule has 1 heterocycles. The normalized spacial score (nSPS) is 21.9. The van der Waals surface area contributed by atoms with Gasteiger partial charge in [-0.2, -0.15) is 0 Å². The number of nitro groups is 1. The first-order valence-corrected chi connectivity index (χ1v) is 6.75. The van der Waals surface area contributed by atoms with Crippen LogP contribution in [0.3, 0.4) is 0 Å². The first kappa shape index (κ1) is 13.8. The molecule has 1 aromatic rings. The summed E-state index contributed by atoms with van der Waals surface area (Å²) < 4.78 is 0. The van der Waals surface area contributed by atoms with Crippen molar-refractivity contribution in [3.8, 4) is 0 Å². The predicted molar refractivity (Wildman–Crippen MR) is 75.3 cm³/mol. The number of nitrogens with one attached hydrogen (secondary N) is 1. The topological polar surface area (TPSA) is 68.1 Å². The van der Waals surface area contributed by atoms with Crippen LogP contribution < -0.4 is 5.32 Å². The van der Waals surface area contributed by atoms with Gasteiger partial charge in [0.2, 0.25) is 0 Å². The summed E-state index contributed by atoms with van der Waals surface area (Å²) in [5, 5.41) is 14.3. The minimum absolute atomic E-state index is 0.132. The molecule has 0 saturated heterocycles. The molecule has 2 rings (SSSR count). The highest BCUT2D eigenvalue weighted by atomic mass is 16.6. The first-order valence-electron chi connectivity index (χ1n) is 6.75. The molecular formula is C14H21N3O2. The van der Waals surface area contributed by atoms with E-state index in [4.69, 9.17) is 0 Å². The summed E-state index contributed by atoms with van der Waals surface area (Å²) in [5.41, 5.74) is 1.07. The number of hydrogen-bond acceptors (Lipinski definition) is 4. The highest BCUT2D eigenvalue weighted by Gasteiger charge is 2.28. The number of hydrogen-bond donors (Lipinski definition) is 1. The van der Waals surface area contributed by atoms with E-state index in [1.165, 1.54) is 18.9 Å². The maximum Gasteiger partial charge on any atom is 0.277 e. The molecule has 1 N–H and O–H groups in total. The van der Waals surface area contributed by atoms with Gasteiger partial charge in [-0.05, 0) is 31.6 Å². The third kappa shape index (κ3) is 3.43. The van der Waals surface area contributed by atoms with E-state index in [1.54, 1.807) is 13.1 Å². The quantitative estimate of drug-likeness (QED) is 0.667. The maximum atomic E-state index is 10.9. The van der Waals surface area contributed by atoms with Gasteiger partial charge in [-0.3, -0.25) is 10.1 Å². The van der Waals surface area contributed by atoms with E-state index in [-0.39, 0.29) is 10.6 Å². The van der Waals surface area contributed by atoms with E-state index in [0.717, 1.165) is 12.8 Å². The first-order chi connectivity index (χ1) is 8.87. The highest BCUT2D eigenvalue weighted by molar-refractivity contribution is 5.49. The molecule has 1 atom stereocenters. The third-order valence-corrected chi connectivity index (χ3v) is 3.83.